The number of hydrogen-bond donors (Lipinski definition) is 1. The summed E-state index contributed by atoms with van der Waals surface area (Å²) in [6.07, 6.45) is 3.85. The van der Waals surface area contributed by atoms with Crippen LogP contribution in [0.2, 0.25) is 0 Å². The van der Waals surface area contributed by atoms with Gasteiger partial charge in [0.25, 0.3) is 5.91 Å². The summed E-state index contributed by atoms with van der Waals surface area (Å²) in [5.74, 6) is 0.636. The summed E-state index contributed by atoms with van der Waals surface area (Å²) in [6.45, 7) is 4.57. The van der Waals surface area contributed by atoms with E-state index in [0.717, 1.165) is 32.5 Å². The second-order valence-electron chi connectivity index (χ2n) is 6.92. The number of amides is 1. The fourth-order valence-corrected chi connectivity index (χ4v) is 3.56. The van der Waals surface area contributed by atoms with Gasteiger partial charge in [0.2, 0.25) is 0 Å². The SMILES string of the molecule is O=C(c1cc(NCC2CCCO2)ncn1)N1CCN(c2ccccc2)CC1. The minimum atomic E-state index is -0.0368. The lowest BCUT2D eigenvalue weighted by Crippen LogP contribution is -2.49. The Morgan fingerprint density at radius 2 is 1.96 bits per heavy atom. The number of piperazine rings is 1. The molecule has 4 rings (SSSR count). The highest BCUT2D eigenvalue weighted by molar-refractivity contribution is 5.93. The number of rotatable bonds is 5. The van der Waals surface area contributed by atoms with Gasteiger partial charge in [0.05, 0.1) is 6.10 Å². The van der Waals surface area contributed by atoms with Crippen molar-refractivity contribution in [2.75, 3.05) is 49.5 Å². The maximum atomic E-state index is 12.8. The zero-order valence-corrected chi connectivity index (χ0v) is 15.4. The molecule has 0 spiro atoms. The molecule has 1 amide bonds. The third kappa shape index (κ3) is 4.36. The number of carbonyl (C=O) groups excluding carboxylic acids is 1. The van der Waals surface area contributed by atoms with Crippen molar-refractivity contribution in [1.82, 2.24) is 14.9 Å². The largest absolute Gasteiger partial charge is 0.376 e. The number of para-hydroxylation sites is 1. The van der Waals surface area contributed by atoms with Crippen molar-refractivity contribution in [3.8, 4) is 0 Å². The summed E-state index contributed by atoms with van der Waals surface area (Å²) in [4.78, 5) is 25.4. The van der Waals surface area contributed by atoms with Crippen LogP contribution < -0.4 is 10.2 Å². The highest BCUT2D eigenvalue weighted by Gasteiger charge is 2.23. The molecule has 2 aliphatic rings. The molecule has 1 aromatic heterocycles. The summed E-state index contributed by atoms with van der Waals surface area (Å²) in [6, 6.07) is 12.0. The third-order valence-corrected chi connectivity index (χ3v) is 5.11. The minimum absolute atomic E-state index is 0.0368. The van der Waals surface area contributed by atoms with Gasteiger partial charge in [0.1, 0.15) is 17.8 Å². The van der Waals surface area contributed by atoms with Crippen molar-refractivity contribution >= 4 is 17.4 Å². The summed E-state index contributed by atoms with van der Waals surface area (Å²) < 4.78 is 5.61. The predicted octanol–water partition coefficient (Wildman–Crippen LogP) is 2.03. The Balaban J connectivity index is 1.33. The van der Waals surface area contributed by atoms with Gasteiger partial charge in [0.15, 0.2) is 0 Å². The fourth-order valence-electron chi connectivity index (χ4n) is 3.56. The average Bonchev–Trinajstić information content (AvgIpc) is 3.26. The molecule has 2 fully saturated rings. The molecule has 1 unspecified atom stereocenters. The van der Waals surface area contributed by atoms with E-state index in [2.05, 4.69) is 32.3 Å². The lowest BCUT2D eigenvalue weighted by molar-refractivity contribution is 0.0740. The first kappa shape index (κ1) is 17.7. The van der Waals surface area contributed by atoms with E-state index >= 15 is 0 Å². The summed E-state index contributed by atoms with van der Waals surface area (Å²) in [7, 11) is 0. The van der Waals surface area contributed by atoms with E-state index in [1.807, 2.05) is 23.1 Å². The molecule has 2 aliphatic heterocycles. The van der Waals surface area contributed by atoms with E-state index in [-0.39, 0.29) is 12.0 Å². The normalized spacial score (nSPS) is 19.9. The number of nitrogens with one attached hydrogen (secondary N) is 1. The maximum absolute atomic E-state index is 12.8. The summed E-state index contributed by atoms with van der Waals surface area (Å²) in [5, 5.41) is 3.26. The van der Waals surface area contributed by atoms with Gasteiger partial charge in [-0.05, 0) is 25.0 Å². The fraction of sp³-hybridized carbons (Fsp3) is 0.450. The number of benzene rings is 1. The van der Waals surface area contributed by atoms with Crippen LogP contribution in [0.1, 0.15) is 23.3 Å². The van der Waals surface area contributed by atoms with Gasteiger partial charge >= 0.3 is 0 Å². The minimum Gasteiger partial charge on any atom is -0.376 e. The number of ether oxygens (including phenoxy) is 1. The van der Waals surface area contributed by atoms with E-state index in [9.17, 15) is 4.79 Å². The highest BCUT2D eigenvalue weighted by Crippen LogP contribution is 2.17. The number of carbonyl (C=O) groups is 1. The number of aromatic nitrogens is 2. The zero-order valence-electron chi connectivity index (χ0n) is 15.4. The Kier molecular flexibility index (Phi) is 5.48. The van der Waals surface area contributed by atoms with Crippen LogP contribution in [0, 0.1) is 0 Å². The number of hydrogen-bond acceptors (Lipinski definition) is 6. The molecule has 1 N–H and O–H groups in total. The summed E-state index contributed by atoms with van der Waals surface area (Å²) >= 11 is 0. The quantitative estimate of drug-likeness (QED) is 0.872. The van der Waals surface area contributed by atoms with Crippen molar-refractivity contribution in [2.24, 2.45) is 0 Å². The van der Waals surface area contributed by atoms with Crippen LogP contribution >= 0.6 is 0 Å². The van der Waals surface area contributed by atoms with Crippen molar-refractivity contribution in [2.45, 2.75) is 18.9 Å². The molecule has 2 aromatic rings. The van der Waals surface area contributed by atoms with E-state index in [1.54, 1.807) is 6.07 Å². The molecule has 0 bridgehead atoms. The van der Waals surface area contributed by atoms with Crippen molar-refractivity contribution < 1.29 is 9.53 Å². The first-order valence-electron chi connectivity index (χ1n) is 9.56. The van der Waals surface area contributed by atoms with E-state index in [4.69, 9.17) is 4.74 Å². The van der Waals surface area contributed by atoms with Gasteiger partial charge in [-0.25, -0.2) is 9.97 Å². The molecule has 1 atom stereocenters. The van der Waals surface area contributed by atoms with Gasteiger partial charge in [-0.15, -0.1) is 0 Å². The maximum Gasteiger partial charge on any atom is 0.272 e. The van der Waals surface area contributed by atoms with Crippen LogP contribution in [0.4, 0.5) is 11.5 Å². The van der Waals surface area contributed by atoms with Crippen LogP contribution in [0.5, 0.6) is 0 Å². The monoisotopic (exact) mass is 367 g/mol. The predicted molar refractivity (Wildman–Crippen MR) is 104 cm³/mol. The molecule has 3 heterocycles. The van der Waals surface area contributed by atoms with Crippen LogP contribution in [0.3, 0.4) is 0 Å². The van der Waals surface area contributed by atoms with Gasteiger partial charge in [0, 0.05) is 51.1 Å². The van der Waals surface area contributed by atoms with E-state index in [1.165, 1.54) is 12.0 Å². The molecule has 0 aliphatic carbocycles. The van der Waals surface area contributed by atoms with Gasteiger partial charge < -0.3 is 19.9 Å². The van der Waals surface area contributed by atoms with Crippen molar-refractivity contribution in [3.63, 3.8) is 0 Å². The Morgan fingerprint density at radius 3 is 2.70 bits per heavy atom. The van der Waals surface area contributed by atoms with Gasteiger partial charge in [-0.3, -0.25) is 4.79 Å². The molecule has 142 valence electrons. The van der Waals surface area contributed by atoms with Crippen LogP contribution in [0.25, 0.3) is 0 Å². The molecule has 7 heteroatoms. The average molecular weight is 367 g/mol. The Labute approximate surface area is 159 Å². The van der Waals surface area contributed by atoms with Crippen LogP contribution in [-0.4, -0.2) is 66.2 Å². The standard InChI is InChI=1S/C20H25N5O2/c26-20(25-10-8-24(9-11-25)16-5-2-1-3-6-16)18-13-19(23-15-22-18)21-14-17-7-4-12-27-17/h1-3,5-6,13,15,17H,4,7-12,14H2,(H,21,22,23). The lowest BCUT2D eigenvalue weighted by Gasteiger charge is -2.36. The van der Waals surface area contributed by atoms with Gasteiger partial charge in [-0.1, -0.05) is 18.2 Å². The third-order valence-electron chi connectivity index (χ3n) is 5.11. The Bertz CT molecular complexity index is 756. The van der Waals surface area contributed by atoms with Gasteiger partial charge in [-0.2, -0.15) is 0 Å². The smallest absolute Gasteiger partial charge is 0.272 e. The topological polar surface area (TPSA) is 70.6 Å². The Hall–Kier alpha value is -2.67. The molecule has 0 saturated carbocycles. The molecule has 7 nitrogen and oxygen atoms in total. The number of anilines is 2. The molecule has 0 radical (unpaired) electrons. The molecule has 27 heavy (non-hydrogen) atoms. The zero-order chi connectivity index (χ0) is 18.5. The molecular formula is C20H25N5O2. The lowest BCUT2D eigenvalue weighted by atomic mass is 10.2. The van der Waals surface area contributed by atoms with Crippen molar-refractivity contribution in [1.29, 1.82) is 0 Å². The van der Waals surface area contributed by atoms with Crippen molar-refractivity contribution in [3.05, 3.63) is 48.4 Å². The molecular weight excluding hydrogens is 342 g/mol. The first-order valence-corrected chi connectivity index (χ1v) is 9.56. The summed E-state index contributed by atoms with van der Waals surface area (Å²) in [5.41, 5.74) is 1.64. The second-order valence-corrected chi connectivity index (χ2v) is 6.92. The van der Waals surface area contributed by atoms with Crippen LogP contribution in [0.15, 0.2) is 42.7 Å². The van der Waals surface area contributed by atoms with Crippen LogP contribution in [-0.2, 0) is 4.74 Å². The highest BCUT2D eigenvalue weighted by atomic mass is 16.5. The molecule has 2 saturated heterocycles. The van der Waals surface area contributed by atoms with E-state index < -0.39 is 0 Å². The second kappa shape index (κ2) is 8.35. The number of nitrogens with zero attached hydrogens (tertiary/aromatic N) is 4. The van der Waals surface area contributed by atoms with E-state index in [0.29, 0.717) is 31.1 Å². The Morgan fingerprint density at radius 1 is 1.15 bits per heavy atom. The first-order chi connectivity index (χ1) is 13.3. The molecule has 1 aromatic carbocycles.